The highest BCUT2D eigenvalue weighted by molar-refractivity contribution is 7.89. The quantitative estimate of drug-likeness (QED) is 0.419. The second-order valence-corrected chi connectivity index (χ2v) is 13.4. The van der Waals surface area contributed by atoms with Crippen molar-refractivity contribution in [3.05, 3.63) is 59.7 Å². The minimum atomic E-state index is -3.79. The first-order valence-electron chi connectivity index (χ1n) is 12.6. The van der Waals surface area contributed by atoms with Crippen molar-refractivity contribution in [2.24, 2.45) is 0 Å². The predicted octanol–water partition coefficient (Wildman–Crippen LogP) is 3.05. The molecule has 0 aromatic heterocycles. The van der Waals surface area contributed by atoms with E-state index in [2.05, 4.69) is 9.44 Å². The van der Waals surface area contributed by atoms with Crippen LogP contribution in [-0.4, -0.2) is 63.7 Å². The average molecular weight is 575 g/mol. The van der Waals surface area contributed by atoms with E-state index in [-0.39, 0.29) is 22.6 Å². The molecule has 2 saturated carbocycles. The van der Waals surface area contributed by atoms with Crippen molar-refractivity contribution in [2.45, 2.75) is 98.8 Å². The maximum atomic E-state index is 13.7. The number of rotatable bonds is 6. The fourth-order valence-electron chi connectivity index (χ4n) is 4.48. The van der Waals surface area contributed by atoms with Crippen LogP contribution in [0.2, 0.25) is 0 Å². The Morgan fingerprint density at radius 3 is 1.24 bits per heavy atom. The summed E-state index contributed by atoms with van der Waals surface area (Å²) < 4.78 is 80.5. The SMILES string of the molecule is Cc1ccc(S(=O)(=O)N[C@@H]2[C@H](O)CCC[C@H]2F)cc1.Cc1ccc(S(=O)(=O)N[C@H]2[C@@H](O)CCC[C@@H]2F)cc1. The van der Waals surface area contributed by atoms with Crippen molar-refractivity contribution in [2.75, 3.05) is 0 Å². The molecule has 0 unspecified atom stereocenters. The van der Waals surface area contributed by atoms with Gasteiger partial charge in [0.2, 0.25) is 20.0 Å². The van der Waals surface area contributed by atoms with Crippen LogP contribution in [0.3, 0.4) is 0 Å². The fraction of sp³-hybridized carbons (Fsp3) is 0.538. The van der Waals surface area contributed by atoms with Gasteiger partial charge >= 0.3 is 0 Å². The molecule has 2 aromatic carbocycles. The van der Waals surface area contributed by atoms with Gasteiger partial charge in [0.1, 0.15) is 12.3 Å². The van der Waals surface area contributed by atoms with Crippen LogP contribution in [0.15, 0.2) is 58.3 Å². The van der Waals surface area contributed by atoms with Gasteiger partial charge in [-0.15, -0.1) is 0 Å². The highest BCUT2D eigenvalue weighted by Gasteiger charge is 2.36. The Morgan fingerprint density at radius 2 is 0.947 bits per heavy atom. The summed E-state index contributed by atoms with van der Waals surface area (Å²) >= 11 is 0. The number of alkyl halides is 2. The van der Waals surface area contributed by atoms with Gasteiger partial charge in [-0.25, -0.2) is 35.1 Å². The van der Waals surface area contributed by atoms with E-state index in [1.165, 1.54) is 24.3 Å². The third kappa shape index (κ3) is 8.03. The normalized spacial score (nSPS) is 28.3. The summed E-state index contributed by atoms with van der Waals surface area (Å²) in [5.74, 6) is 0. The topological polar surface area (TPSA) is 133 Å². The summed E-state index contributed by atoms with van der Waals surface area (Å²) in [7, 11) is -7.58. The third-order valence-corrected chi connectivity index (χ3v) is 9.76. The zero-order chi connectivity index (χ0) is 28.1. The lowest BCUT2D eigenvalue weighted by Crippen LogP contribution is -2.51. The molecule has 2 aliphatic rings. The molecule has 0 amide bonds. The van der Waals surface area contributed by atoms with Gasteiger partial charge in [-0.05, 0) is 76.6 Å². The highest BCUT2D eigenvalue weighted by atomic mass is 32.2. The van der Waals surface area contributed by atoms with Gasteiger partial charge in [0.05, 0.1) is 34.1 Å². The monoisotopic (exact) mass is 574 g/mol. The molecule has 38 heavy (non-hydrogen) atoms. The van der Waals surface area contributed by atoms with Crippen molar-refractivity contribution >= 4 is 20.0 Å². The Morgan fingerprint density at radius 1 is 0.632 bits per heavy atom. The molecule has 4 N–H and O–H groups in total. The smallest absolute Gasteiger partial charge is 0.241 e. The molecule has 2 aliphatic carbocycles. The van der Waals surface area contributed by atoms with Gasteiger partial charge < -0.3 is 10.2 Å². The van der Waals surface area contributed by atoms with E-state index in [1.54, 1.807) is 24.3 Å². The van der Waals surface area contributed by atoms with Crippen LogP contribution in [-0.2, 0) is 20.0 Å². The fourth-order valence-corrected chi connectivity index (χ4v) is 7.07. The van der Waals surface area contributed by atoms with Gasteiger partial charge in [0.25, 0.3) is 0 Å². The summed E-state index contributed by atoms with van der Waals surface area (Å²) in [5.41, 5.74) is 1.89. The molecule has 0 saturated heterocycles. The molecule has 2 fully saturated rings. The maximum Gasteiger partial charge on any atom is 0.241 e. The average Bonchev–Trinajstić information content (AvgIpc) is 2.85. The molecule has 0 heterocycles. The Hall–Kier alpha value is -1.96. The highest BCUT2D eigenvalue weighted by Crippen LogP contribution is 2.25. The second kappa shape index (κ2) is 12.9. The standard InChI is InChI=1S/2C13H18FNO3S/c2*1-9-5-7-10(8-6-9)19(17,18)15-13-11(14)3-2-4-12(13)16/h2*5-8,11-13,15-16H,2-4H2,1H3/t2*11-,12-,13+/m10/s1. The van der Waals surface area contributed by atoms with Gasteiger partial charge in [-0.1, -0.05) is 35.4 Å². The molecule has 4 rings (SSSR count). The van der Waals surface area contributed by atoms with Crippen molar-refractivity contribution < 1.29 is 35.8 Å². The number of sulfonamides is 2. The largest absolute Gasteiger partial charge is 0.391 e. The van der Waals surface area contributed by atoms with Crippen LogP contribution in [0.25, 0.3) is 0 Å². The number of halogens is 2. The van der Waals surface area contributed by atoms with Crippen molar-refractivity contribution in [3.8, 4) is 0 Å². The summed E-state index contributed by atoms with van der Waals surface area (Å²) in [6, 6.07) is 10.5. The van der Waals surface area contributed by atoms with Gasteiger partial charge in [-0.3, -0.25) is 0 Å². The number of aliphatic hydroxyl groups excluding tert-OH is 2. The first-order chi connectivity index (χ1) is 17.8. The number of aliphatic hydroxyl groups is 2. The molecule has 0 aliphatic heterocycles. The Bertz CT molecular complexity index is 1140. The third-order valence-electron chi connectivity index (χ3n) is 6.81. The van der Waals surface area contributed by atoms with Crippen LogP contribution in [0.5, 0.6) is 0 Å². The van der Waals surface area contributed by atoms with Crippen LogP contribution in [0.4, 0.5) is 8.78 Å². The van der Waals surface area contributed by atoms with Gasteiger partial charge in [-0.2, -0.15) is 0 Å². The first-order valence-corrected chi connectivity index (χ1v) is 15.6. The molecule has 2 aromatic rings. The van der Waals surface area contributed by atoms with E-state index in [0.29, 0.717) is 25.7 Å². The molecular formula is C26H36F2N2O6S2. The maximum absolute atomic E-state index is 13.7. The Balaban J connectivity index is 0.000000211. The number of hydrogen-bond acceptors (Lipinski definition) is 6. The van der Waals surface area contributed by atoms with E-state index in [9.17, 15) is 35.8 Å². The van der Waals surface area contributed by atoms with E-state index >= 15 is 0 Å². The first kappa shape index (κ1) is 30.6. The predicted molar refractivity (Wildman–Crippen MR) is 140 cm³/mol. The Kier molecular flexibility index (Phi) is 10.4. The number of nitrogens with one attached hydrogen (secondary N) is 2. The van der Waals surface area contributed by atoms with Crippen LogP contribution >= 0.6 is 0 Å². The van der Waals surface area contributed by atoms with Gasteiger partial charge in [0, 0.05) is 0 Å². The van der Waals surface area contributed by atoms with Crippen molar-refractivity contribution in [3.63, 3.8) is 0 Å². The minimum absolute atomic E-state index is 0.0862. The van der Waals surface area contributed by atoms with E-state index in [4.69, 9.17) is 0 Å². The summed E-state index contributed by atoms with van der Waals surface area (Å²) in [6.07, 6.45) is -2.09. The lowest BCUT2D eigenvalue weighted by molar-refractivity contribution is 0.0515. The molecule has 12 heteroatoms. The lowest BCUT2D eigenvalue weighted by atomic mass is 9.92. The van der Waals surface area contributed by atoms with E-state index < -0.39 is 56.7 Å². The van der Waals surface area contributed by atoms with Crippen molar-refractivity contribution in [1.82, 2.24) is 9.44 Å². The molecule has 6 atom stereocenters. The minimum Gasteiger partial charge on any atom is -0.391 e. The van der Waals surface area contributed by atoms with Crippen LogP contribution in [0, 0.1) is 13.8 Å². The van der Waals surface area contributed by atoms with Crippen molar-refractivity contribution in [1.29, 1.82) is 0 Å². The van der Waals surface area contributed by atoms with E-state index in [1.807, 2.05) is 13.8 Å². The summed E-state index contributed by atoms with van der Waals surface area (Å²) in [5, 5.41) is 19.5. The zero-order valence-electron chi connectivity index (χ0n) is 21.4. The van der Waals surface area contributed by atoms with Crippen LogP contribution in [0.1, 0.15) is 49.7 Å². The van der Waals surface area contributed by atoms with E-state index in [0.717, 1.165) is 11.1 Å². The number of aryl methyl sites for hydroxylation is 2. The Labute approximate surface area is 223 Å². The molecule has 8 nitrogen and oxygen atoms in total. The molecule has 212 valence electrons. The zero-order valence-corrected chi connectivity index (χ0v) is 23.1. The number of benzene rings is 2. The lowest BCUT2D eigenvalue weighted by Gasteiger charge is -2.31. The van der Waals surface area contributed by atoms with Crippen LogP contribution < -0.4 is 9.44 Å². The molecule has 0 radical (unpaired) electrons. The summed E-state index contributed by atoms with van der Waals surface area (Å²) in [4.78, 5) is 0.172. The molecular weight excluding hydrogens is 538 g/mol. The summed E-state index contributed by atoms with van der Waals surface area (Å²) in [6.45, 7) is 3.71. The molecule has 0 spiro atoms. The second-order valence-electron chi connectivity index (χ2n) is 9.95. The van der Waals surface area contributed by atoms with Gasteiger partial charge in [0.15, 0.2) is 0 Å². The number of hydrogen-bond donors (Lipinski definition) is 4. The molecule has 0 bridgehead atoms.